The van der Waals surface area contributed by atoms with Gasteiger partial charge in [-0.1, -0.05) is 12.1 Å². The third-order valence-electron chi connectivity index (χ3n) is 4.82. The normalized spacial score (nSPS) is 11.8. The van der Waals surface area contributed by atoms with Gasteiger partial charge in [0.1, 0.15) is 34.9 Å². The molecule has 35 heavy (non-hydrogen) atoms. The highest BCUT2D eigenvalue weighted by molar-refractivity contribution is 7.92. The van der Waals surface area contributed by atoms with Crippen LogP contribution in [0.25, 0.3) is 5.82 Å². The number of halogens is 3. The highest BCUT2D eigenvalue weighted by Crippen LogP contribution is 2.31. The molecule has 4 rings (SSSR count). The molecule has 0 saturated carbocycles. The van der Waals surface area contributed by atoms with Crippen molar-refractivity contribution in [1.29, 1.82) is 0 Å². The Kier molecular flexibility index (Phi) is 6.35. The van der Waals surface area contributed by atoms with E-state index in [1.54, 1.807) is 17.0 Å². The average molecular weight is 505 g/mol. The third-order valence-corrected chi connectivity index (χ3v) is 6.24. The van der Waals surface area contributed by atoms with Gasteiger partial charge in [-0.15, -0.1) is 13.2 Å². The zero-order valence-electron chi connectivity index (χ0n) is 18.3. The Balaban J connectivity index is 1.50. The Morgan fingerprint density at radius 2 is 1.69 bits per heavy atom. The summed E-state index contributed by atoms with van der Waals surface area (Å²) in [6.07, 6.45) is -2.07. The molecule has 0 fully saturated rings. The minimum absolute atomic E-state index is 0.104. The van der Waals surface area contributed by atoms with Gasteiger partial charge in [-0.25, -0.2) is 23.4 Å². The lowest BCUT2D eigenvalue weighted by Crippen LogP contribution is -2.20. The zero-order chi connectivity index (χ0) is 25.2. The van der Waals surface area contributed by atoms with Crippen molar-refractivity contribution in [1.82, 2.24) is 19.5 Å². The molecule has 0 aliphatic carbocycles. The molecule has 0 bridgehead atoms. The highest BCUT2D eigenvalue weighted by Gasteiger charge is 2.34. The third kappa shape index (κ3) is 5.69. The van der Waals surface area contributed by atoms with Crippen LogP contribution in [0.5, 0.6) is 17.4 Å². The van der Waals surface area contributed by atoms with Gasteiger partial charge >= 0.3 is 6.36 Å². The van der Waals surface area contributed by atoms with Crippen LogP contribution in [0.3, 0.4) is 0 Å². The number of imidazole rings is 1. The largest absolute Gasteiger partial charge is 0.573 e. The Hall–Kier alpha value is -4.13. The van der Waals surface area contributed by atoms with Crippen LogP contribution in [-0.2, 0) is 10.0 Å². The fourth-order valence-corrected chi connectivity index (χ4v) is 4.24. The Bertz CT molecular complexity index is 1450. The molecule has 0 aliphatic rings. The lowest BCUT2D eigenvalue weighted by Gasteiger charge is -2.14. The minimum atomic E-state index is -5.04. The van der Waals surface area contributed by atoms with Crippen LogP contribution >= 0.6 is 0 Å². The van der Waals surface area contributed by atoms with E-state index in [1.807, 2.05) is 13.8 Å². The van der Waals surface area contributed by atoms with Crippen molar-refractivity contribution in [2.75, 3.05) is 4.72 Å². The van der Waals surface area contributed by atoms with Crippen molar-refractivity contribution in [3.63, 3.8) is 0 Å². The first kappa shape index (κ1) is 24.0. The summed E-state index contributed by atoms with van der Waals surface area (Å²) in [5.41, 5.74) is 1.87. The summed E-state index contributed by atoms with van der Waals surface area (Å²) >= 11 is 0. The second kappa shape index (κ2) is 9.25. The van der Waals surface area contributed by atoms with Crippen molar-refractivity contribution >= 4 is 15.7 Å². The SMILES string of the molecule is Cc1ncn(-c2cc(Oc3ccc(NS(=O)(=O)c4ccccc4OC(F)(F)F)cc3)ncn2)c1C. The predicted octanol–water partition coefficient (Wildman–Crippen LogP) is 4.77. The summed E-state index contributed by atoms with van der Waals surface area (Å²) in [6.45, 7) is 3.78. The molecular weight excluding hydrogens is 487 g/mol. The van der Waals surface area contributed by atoms with Gasteiger partial charge in [-0.3, -0.25) is 9.29 Å². The Morgan fingerprint density at radius 3 is 2.34 bits per heavy atom. The molecule has 0 radical (unpaired) electrons. The molecule has 0 amide bonds. The molecule has 0 aliphatic heterocycles. The highest BCUT2D eigenvalue weighted by atomic mass is 32.2. The fraction of sp³-hybridized carbons (Fsp3) is 0.136. The molecule has 1 N–H and O–H groups in total. The number of anilines is 1. The molecule has 13 heteroatoms. The van der Waals surface area contributed by atoms with Gasteiger partial charge in [0.15, 0.2) is 0 Å². The van der Waals surface area contributed by atoms with Crippen LogP contribution in [0, 0.1) is 13.8 Å². The van der Waals surface area contributed by atoms with Crippen molar-refractivity contribution in [3.05, 3.63) is 78.6 Å². The summed E-state index contributed by atoms with van der Waals surface area (Å²) < 4.78 is 76.8. The molecule has 9 nitrogen and oxygen atoms in total. The maximum atomic E-state index is 12.7. The number of aromatic nitrogens is 4. The monoisotopic (exact) mass is 505 g/mol. The van der Waals surface area contributed by atoms with E-state index in [9.17, 15) is 21.6 Å². The van der Waals surface area contributed by atoms with Crippen molar-refractivity contribution in [3.8, 4) is 23.2 Å². The number of alkyl halides is 3. The van der Waals surface area contributed by atoms with Crippen LogP contribution in [0.1, 0.15) is 11.4 Å². The minimum Gasteiger partial charge on any atom is -0.439 e. The first-order valence-electron chi connectivity index (χ1n) is 10.0. The molecule has 0 atom stereocenters. The number of hydrogen-bond donors (Lipinski definition) is 1. The number of para-hydroxylation sites is 1. The zero-order valence-corrected chi connectivity index (χ0v) is 19.1. The maximum Gasteiger partial charge on any atom is 0.573 e. The second-order valence-corrected chi connectivity index (χ2v) is 8.88. The molecule has 2 aromatic carbocycles. The molecule has 182 valence electrons. The molecular formula is C22H18F3N5O4S. The van der Waals surface area contributed by atoms with E-state index in [0.29, 0.717) is 11.6 Å². The maximum absolute atomic E-state index is 12.7. The number of nitrogens with zero attached hydrogens (tertiary/aromatic N) is 4. The van der Waals surface area contributed by atoms with Gasteiger partial charge in [0.05, 0.1) is 5.69 Å². The first-order valence-corrected chi connectivity index (χ1v) is 11.5. The molecule has 2 heterocycles. The number of sulfonamides is 1. The summed E-state index contributed by atoms with van der Waals surface area (Å²) in [5.74, 6) is 0.303. The number of benzene rings is 2. The van der Waals surface area contributed by atoms with Gasteiger partial charge < -0.3 is 9.47 Å². The molecule has 4 aromatic rings. The number of rotatable bonds is 7. The Labute approximate surface area is 198 Å². The molecule has 0 saturated heterocycles. The van der Waals surface area contributed by atoms with Gasteiger partial charge in [0.25, 0.3) is 10.0 Å². The fourth-order valence-electron chi connectivity index (χ4n) is 3.05. The number of ether oxygens (including phenoxy) is 2. The lowest BCUT2D eigenvalue weighted by atomic mass is 10.3. The number of hydrogen-bond acceptors (Lipinski definition) is 7. The van der Waals surface area contributed by atoms with Crippen molar-refractivity contribution in [2.24, 2.45) is 0 Å². The van der Waals surface area contributed by atoms with Crippen LogP contribution < -0.4 is 14.2 Å². The lowest BCUT2D eigenvalue weighted by molar-refractivity contribution is -0.275. The van der Waals surface area contributed by atoms with Gasteiger partial charge in [-0.05, 0) is 50.2 Å². The van der Waals surface area contributed by atoms with E-state index in [-0.39, 0.29) is 11.6 Å². The standard InChI is InChI=1S/C22H18F3N5O4S/c1-14-15(2)30(13-28-14)20-11-21(27-12-26-20)33-17-9-7-16(8-10-17)29-35(31,32)19-6-4-3-5-18(19)34-22(23,24)25/h3-13,29H,1-2H3. The average Bonchev–Trinajstić information content (AvgIpc) is 3.12. The van der Waals surface area contributed by atoms with E-state index >= 15 is 0 Å². The van der Waals surface area contributed by atoms with Crippen LogP contribution in [0.4, 0.5) is 18.9 Å². The topological polar surface area (TPSA) is 108 Å². The smallest absolute Gasteiger partial charge is 0.439 e. The Morgan fingerprint density at radius 1 is 0.971 bits per heavy atom. The van der Waals surface area contributed by atoms with E-state index in [0.717, 1.165) is 23.5 Å². The van der Waals surface area contributed by atoms with Crippen LogP contribution in [0.2, 0.25) is 0 Å². The van der Waals surface area contributed by atoms with Crippen molar-refractivity contribution < 1.29 is 31.1 Å². The first-order chi connectivity index (χ1) is 16.5. The predicted molar refractivity (Wildman–Crippen MR) is 119 cm³/mol. The van der Waals surface area contributed by atoms with E-state index in [4.69, 9.17) is 4.74 Å². The quantitative estimate of drug-likeness (QED) is 0.385. The van der Waals surface area contributed by atoms with Crippen molar-refractivity contribution in [2.45, 2.75) is 25.1 Å². The van der Waals surface area contributed by atoms with Gasteiger partial charge in [0, 0.05) is 17.4 Å². The van der Waals surface area contributed by atoms with E-state index < -0.39 is 27.0 Å². The molecule has 0 spiro atoms. The summed E-state index contributed by atoms with van der Waals surface area (Å²) in [5, 5.41) is 0. The van der Waals surface area contributed by atoms with Crippen LogP contribution in [-0.4, -0.2) is 34.3 Å². The summed E-state index contributed by atoms with van der Waals surface area (Å²) in [4.78, 5) is 11.9. The van der Waals surface area contributed by atoms with Gasteiger partial charge in [-0.2, -0.15) is 0 Å². The summed E-state index contributed by atoms with van der Waals surface area (Å²) in [6, 6.07) is 11.8. The number of nitrogens with one attached hydrogen (secondary N) is 1. The van der Waals surface area contributed by atoms with Gasteiger partial charge in [0.2, 0.25) is 5.88 Å². The summed E-state index contributed by atoms with van der Waals surface area (Å²) in [7, 11) is -4.37. The van der Waals surface area contributed by atoms with E-state index in [1.165, 1.54) is 42.7 Å². The molecule has 0 unspecified atom stereocenters. The van der Waals surface area contributed by atoms with Crippen LogP contribution in [0.15, 0.2) is 72.1 Å². The number of aryl methyl sites for hydroxylation is 1. The van der Waals surface area contributed by atoms with E-state index in [2.05, 4.69) is 24.4 Å². The second-order valence-electron chi connectivity index (χ2n) is 7.23. The molecule has 2 aromatic heterocycles.